The van der Waals surface area contributed by atoms with Crippen molar-refractivity contribution in [3.05, 3.63) is 21.9 Å². The zero-order valence-electron chi connectivity index (χ0n) is 10.0. The van der Waals surface area contributed by atoms with Crippen LogP contribution < -0.4 is 5.32 Å². The highest BCUT2D eigenvalue weighted by Gasteiger charge is 2.20. The Bertz CT molecular complexity index is 391. The molecule has 2 unspecified atom stereocenters. The van der Waals surface area contributed by atoms with E-state index in [0.717, 1.165) is 17.0 Å². The standard InChI is InChI=1S/C13H18BrNOS/c1-9-5-6-17-12(9)13(16)15-8-10-3-2-4-11(14)7-10/h5-6,10-11H,2-4,7-8H2,1H3,(H,15,16). The van der Waals surface area contributed by atoms with Gasteiger partial charge in [-0.3, -0.25) is 4.79 Å². The molecule has 1 aliphatic carbocycles. The number of rotatable bonds is 3. The SMILES string of the molecule is Cc1ccsc1C(=O)NCC1CCCC(Br)C1. The quantitative estimate of drug-likeness (QED) is 0.846. The molecule has 1 N–H and O–H groups in total. The summed E-state index contributed by atoms with van der Waals surface area (Å²) in [5, 5.41) is 5.04. The summed E-state index contributed by atoms with van der Waals surface area (Å²) in [6.07, 6.45) is 4.97. The van der Waals surface area contributed by atoms with Gasteiger partial charge in [0.15, 0.2) is 0 Å². The fraction of sp³-hybridized carbons (Fsp3) is 0.615. The molecule has 0 aromatic carbocycles. The Kier molecular flexibility index (Phi) is 4.62. The van der Waals surface area contributed by atoms with Gasteiger partial charge in [-0.1, -0.05) is 22.4 Å². The minimum Gasteiger partial charge on any atom is -0.351 e. The Morgan fingerprint density at radius 3 is 3.06 bits per heavy atom. The normalized spacial score (nSPS) is 24.6. The highest BCUT2D eigenvalue weighted by molar-refractivity contribution is 9.09. The van der Waals surface area contributed by atoms with Crippen LogP contribution in [0.5, 0.6) is 0 Å². The molecule has 0 bridgehead atoms. The maximum Gasteiger partial charge on any atom is 0.261 e. The molecule has 0 spiro atoms. The zero-order valence-corrected chi connectivity index (χ0v) is 12.4. The molecule has 1 heterocycles. The van der Waals surface area contributed by atoms with Crippen LogP contribution in [-0.4, -0.2) is 17.3 Å². The lowest BCUT2D eigenvalue weighted by Gasteiger charge is -2.25. The van der Waals surface area contributed by atoms with Crippen LogP contribution in [0.2, 0.25) is 0 Å². The van der Waals surface area contributed by atoms with Gasteiger partial charge in [0.05, 0.1) is 4.88 Å². The second-order valence-electron chi connectivity index (χ2n) is 4.77. The summed E-state index contributed by atoms with van der Waals surface area (Å²) in [6.45, 7) is 2.80. The smallest absolute Gasteiger partial charge is 0.261 e. The first-order valence-corrected chi connectivity index (χ1v) is 7.92. The van der Waals surface area contributed by atoms with Crippen molar-refractivity contribution in [3.63, 3.8) is 0 Å². The van der Waals surface area contributed by atoms with E-state index in [1.54, 1.807) is 0 Å². The molecule has 0 aliphatic heterocycles. The number of alkyl halides is 1. The van der Waals surface area contributed by atoms with E-state index in [0.29, 0.717) is 10.7 Å². The average molecular weight is 316 g/mol. The summed E-state index contributed by atoms with van der Waals surface area (Å²) >= 11 is 5.20. The van der Waals surface area contributed by atoms with Gasteiger partial charge in [0.2, 0.25) is 0 Å². The third-order valence-electron chi connectivity index (χ3n) is 3.34. The van der Waals surface area contributed by atoms with Crippen molar-refractivity contribution in [1.82, 2.24) is 5.32 Å². The minimum absolute atomic E-state index is 0.0918. The third-order valence-corrected chi connectivity index (χ3v) is 5.19. The topological polar surface area (TPSA) is 29.1 Å². The number of amides is 1. The van der Waals surface area contributed by atoms with Crippen LogP contribution in [0.15, 0.2) is 11.4 Å². The van der Waals surface area contributed by atoms with E-state index < -0.39 is 0 Å². The molecule has 0 saturated heterocycles. The highest BCUT2D eigenvalue weighted by atomic mass is 79.9. The molecule has 1 saturated carbocycles. The fourth-order valence-electron chi connectivity index (χ4n) is 2.33. The van der Waals surface area contributed by atoms with Crippen molar-refractivity contribution in [1.29, 1.82) is 0 Å². The van der Waals surface area contributed by atoms with Crippen LogP contribution in [0.1, 0.15) is 40.9 Å². The molecular formula is C13H18BrNOS. The second-order valence-corrected chi connectivity index (χ2v) is 6.98. The fourth-order valence-corrected chi connectivity index (χ4v) is 4.03. The first-order chi connectivity index (χ1) is 8.16. The summed E-state index contributed by atoms with van der Waals surface area (Å²) in [4.78, 5) is 13.4. The molecule has 0 radical (unpaired) electrons. The summed E-state index contributed by atoms with van der Waals surface area (Å²) in [7, 11) is 0. The lowest BCUT2D eigenvalue weighted by molar-refractivity contribution is 0.0947. The van der Waals surface area contributed by atoms with Gasteiger partial charge in [-0.15, -0.1) is 11.3 Å². The Balaban J connectivity index is 1.82. The Morgan fingerprint density at radius 2 is 2.41 bits per heavy atom. The summed E-state index contributed by atoms with van der Waals surface area (Å²) in [5.41, 5.74) is 1.08. The molecule has 1 fully saturated rings. The van der Waals surface area contributed by atoms with Gasteiger partial charge in [0, 0.05) is 11.4 Å². The Hall–Kier alpha value is -0.350. The molecule has 94 valence electrons. The number of thiophene rings is 1. The first-order valence-electron chi connectivity index (χ1n) is 6.13. The average Bonchev–Trinajstić information content (AvgIpc) is 2.72. The number of nitrogens with one attached hydrogen (secondary N) is 1. The maximum absolute atomic E-state index is 11.9. The van der Waals surface area contributed by atoms with Gasteiger partial charge in [-0.25, -0.2) is 0 Å². The summed E-state index contributed by atoms with van der Waals surface area (Å²) < 4.78 is 0. The predicted octanol–water partition coefficient (Wildman–Crippen LogP) is 3.74. The number of hydrogen-bond acceptors (Lipinski definition) is 2. The lowest BCUT2D eigenvalue weighted by atomic mass is 9.89. The Labute approximate surface area is 115 Å². The van der Waals surface area contributed by atoms with E-state index in [2.05, 4.69) is 21.2 Å². The van der Waals surface area contributed by atoms with E-state index in [4.69, 9.17) is 0 Å². The number of carbonyl (C=O) groups is 1. The highest BCUT2D eigenvalue weighted by Crippen LogP contribution is 2.28. The lowest BCUT2D eigenvalue weighted by Crippen LogP contribution is -2.31. The molecule has 1 aliphatic rings. The van der Waals surface area contributed by atoms with Crippen molar-refractivity contribution in [2.75, 3.05) is 6.54 Å². The third kappa shape index (κ3) is 3.55. The van der Waals surface area contributed by atoms with Crippen molar-refractivity contribution in [2.45, 2.75) is 37.4 Å². The van der Waals surface area contributed by atoms with Crippen molar-refractivity contribution in [2.24, 2.45) is 5.92 Å². The van der Waals surface area contributed by atoms with Gasteiger partial charge >= 0.3 is 0 Å². The van der Waals surface area contributed by atoms with E-state index in [1.807, 2.05) is 18.4 Å². The van der Waals surface area contributed by atoms with Crippen LogP contribution in [0.3, 0.4) is 0 Å². The van der Waals surface area contributed by atoms with Crippen LogP contribution in [0, 0.1) is 12.8 Å². The molecule has 17 heavy (non-hydrogen) atoms. The first kappa shape index (κ1) is 13.1. The van der Waals surface area contributed by atoms with Gasteiger partial charge in [-0.05, 0) is 49.1 Å². The van der Waals surface area contributed by atoms with Crippen LogP contribution in [-0.2, 0) is 0 Å². The molecule has 1 aromatic heterocycles. The number of halogens is 1. The number of aryl methyl sites for hydroxylation is 1. The second kappa shape index (κ2) is 6.01. The van der Waals surface area contributed by atoms with Crippen molar-refractivity contribution in [3.8, 4) is 0 Å². The largest absolute Gasteiger partial charge is 0.351 e. The van der Waals surface area contributed by atoms with Crippen LogP contribution in [0.25, 0.3) is 0 Å². The summed E-state index contributed by atoms with van der Waals surface area (Å²) in [5.74, 6) is 0.728. The molecule has 2 atom stereocenters. The summed E-state index contributed by atoms with van der Waals surface area (Å²) in [6, 6.07) is 1.99. The van der Waals surface area contributed by atoms with Crippen molar-refractivity contribution >= 4 is 33.2 Å². The van der Waals surface area contributed by atoms with Gasteiger partial charge in [-0.2, -0.15) is 0 Å². The minimum atomic E-state index is 0.0918. The van der Waals surface area contributed by atoms with Crippen molar-refractivity contribution < 1.29 is 4.79 Å². The molecule has 1 amide bonds. The maximum atomic E-state index is 11.9. The van der Waals surface area contributed by atoms with Gasteiger partial charge in [0.1, 0.15) is 0 Å². The number of carbonyl (C=O) groups excluding carboxylic acids is 1. The number of hydrogen-bond donors (Lipinski definition) is 1. The van der Waals surface area contributed by atoms with Crippen LogP contribution >= 0.6 is 27.3 Å². The van der Waals surface area contributed by atoms with E-state index in [-0.39, 0.29) is 5.91 Å². The molecule has 2 rings (SSSR count). The zero-order chi connectivity index (χ0) is 12.3. The van der Waals surface area contributed by atoms with E-state index in [9.17, 15) is 4.79 Å². The van der Waals surface area contributed by atoms with Gasteiger partial charge < -0.3 is 5.32 Å². The van der Waals surface area contributed by atoms with E-state index >= 15 is 0 Å². The van der Waals surface area contributed by atoms with E-state index in [1.165, 1.54) is 37.0 Å². The molecular weight excluding hydrogens is 298 g/mol. The molecule has 2 nitrogen and oxygen atoms in total. The monoisotopic (exact) mass is 315 g/mol. The van der Waals surface area contributed by atoms with Crippen LogP contribution in [0.4, 0.5) is 0 Å². The predicted molar refractivity (Wildman–Crippen MR) is 76.1 cm³/mol. The molecule has 4 heteroatoms. The molecule has 1 aromatic rings. The Morgan fingerprint density at radius 1 is 1.59 bits per heavy atom. The van der Waals surface area contributed by atoms with Gasteiger partial charge in [0.25, 0.3) is 5.91 Å².